The van der Waals surface area contributed by atoms with E-state index in [1.165, 1.54) is 0 Å². The van der Waals surface area contributed by atoms with E-state index in [2.05, 4.69) is 5.32 Å². The topological polar surface area (TPSA) is 49.4 Å². The van der Waals surface area contributed by atoms with Crippen molar-refractivity contribution in [1.29, 1.82) is 0 Å². The molecule has 1 rings (SSSR count). The number of halogens is 1. The number of hydrogen-bond acceptors (Lipinski definition) is 2. The molecule has 0 unspecified atom stereocenters. The molecule has 0 aliphatic carbocycles. The van der Waals surface area contributed by atoms with Crippen molar-refractivity contribution >= 4 is 23.4 Å². The molecule has 5 heteroatoms. The SMILES string of the molecule is CCCC(=O)NC1CCN(C(=O)CCCCCl)CC1. The molecule has 1 aliphatic rings. The van der Waals surface area contributed by atoms with Gasteiger partial charge in [0.25, 0.3) is 0 Å². The second-order valence-electron chi connectivity index (χ2n) is 5.12. The quantitative estimate of drug-likeness (QED) is 0.577. The van der Waals surface area contributed by atoms with Gasteiger partial charge in [0.1, 0.15) is 0 Å². The Kier molecular flexibility index (Phi) is 7.87. The number of likely N-dealkylation sites (tertiary alicyclic amines) is 1. The zero-order chi connectivity index (χ0) is 14.1. The van der Waals surface area contributed by atoms with Crippen molar-refractivity contribution < 1.29 is 9.59 Å². The van der Waals surface area contributed by atoms with Gasteiger partial charge in [0, 0.05) is 37.9 Å². The van der Waals surface area contributed by atoms with Crippen LogP contribution in [0.3, 0.4) is 0 Å². The second-order valence-corrected chi connectivity index (χ2v) is 5.50. The summed E-state index contributed by atoms with van der Waals surface area (Å²) in [5.41, 5.74) is 0. The van der Waals surface area contributed by atoms with Crippen molar-refractivity contribution in [1.82, 2.24) is 10.2 Å². The maximum Gasteiger partial charge on any atom is 0.222 e. The molecule has 0 bridgehead atoms. The first-order chi connectivity index (χ1) is 9.17. The van der Waals surface area contributed by atoms with E-state index in [1.54, 1.807) is 0 Å². The lowest BCUT2D eigenvalue weighted by molar-refractivity contribution is -0.132. The smallest absolute Gasteiger partial charge is 0.222 e. The molecular formula is C14H25ClN2O2. The van der Waals surface area contributed by atoms with Gasteiger partial charge in [-0.1, -0.05) is 6.92 Å². The second kappa shape index (κ2) is 9.18. The van der Waals surface area contributed by atoms with Crippen LogP contribution in [0.1, 0.15) is 51.9 Å². The first-order valence-electron chi connectivity index (χ1n) is 7.30. The summed E-state index contributed by atoms with van der Waals surface area (Å²) in [6.07, 6.45) is 5.58. The molecule has 1 fully saturated rings. The predicted octanol–water partition coefficient (Wildman–Crippen LogP) is 2.30. The summed E-state index contributed by atoms with van der Waals surface area (Å²) in [6, 6.07) is 0.242. The molecule has 1 saturated heterocycles. The van der Waals surface area contributed by atoms with E-state index < -0.39 is 0 Å². The molecule has 0 aromatic heterocycles. The molecule has 0 atom stereocenters. The van der Waals surface area contributed by atoms with Crippen molar-refractivity contribution in [2.75, 3.05) is 19.0 Å². The molecule has 2 amide bonds. The molecule has 1 heterocycles. The van der Waals surface area contributed by atoms with E-state index in [9.17, 15) is 9.59 Å². The summed E-state index contributed by atoms with van der Waals surface area (Å²) in [5.74, 6) is 0.983. The summed E-state index contributed by atoms with van der Waals surface area (Å²) >= 11 is 5.60. The number of carbonyl (C=O) groups is 2. The van der Waals surface area contributed by atoms with E-state index in [-0.39, 0.29) is 17.9 Å². The third-order valence-corrected chi connectivity index (χ3v) is 3.73. The summed E-state index contributed by atoms with van der Waals surface area (Å²) in [4.78, 5) is 25.3. The normalized spacial score (nSPS) is 16.4. The number of piperidine rings is 1. The summed E-state index contributed by atoms with van der Waals surface area (Å²) in [6.45, 7) is 3.52. The Morgan fingerprint density at radius 3 is 2.47 bits per heavy atom. The van der Waals surface area contributed by atoms with Gasteiger partial charge in [-0.2, -0.15) is 0 Å². The van der Waals surface area contributed by atoms with Gasteiger partial charge < -0.3 is 10.2 Å². The Balaban J connectivity index is 2.21. The number of nitrogens with zero attached hydrogens (tertiary/aromatic N) is 1. The van der Waals surface area contributed by atoms with Crippen LogP contribution < -0.4 is 5.32 Å². The fourth-order valence-electron chi connectivity index (χ4n) is 2.33. The van der Waals surface area contributed by atoms with Crippen molar-refractivity contribution in [2.24, 2.45) is 0 Å². The minimum Gasteiger partial charge on any atom is -0.353 e. The van der Waals surface area contributed by atoms with Crippen LogP contribution in [0.15, 0.2) is 0 Å². The van der Waals surface area contributed by atoms with Crippen LogP contribution in [0.25, 0.3) is 0 Å². The van der Waals surface area contributed by atoms with Crippen LogP contribution in [-0.2, 0) is 9.59 Å². The van der Waals surface area contributed by atoms with E-state index in [0.29, 0.717) is 18.7 Å². The van der Waals surface area contributed by atoms with Gasteiger partial charge in [0.2, 0.25) is 11.8 Å². The lowest BCUT2D eigenvalue weighted by Gasteiger charge is -2.32. The molecule has 110 valence electrons. The third-order valence-electron chi connectivity index (χ3n) is 3.46. The van der Waals surface area contributed by atoms with Crippen LogP contribution in [0.5, 0.6) is 0 Å². The zero-order valence-corrected chi connectivity index (χ0v) is 12.5. The van der Waals surface area contributed by atoms with E-state index in [1.807, 2.05) is 11.8 Å². The van der Waals surface area contributed by atoms with Crippen molar-refractivity contribution in [3.63, 3.8) is 0 Å². The number of carbonyl (C=O) groups excluding carboxylic acids is 2. The Morgan fingerprint density at radius 1 is 1.21 bits per heavy atom. The molecule has 0 aromatic rings. The Morgan fingerprint density at radius 2 is 1.89 bits per heavy atom. The Bertz CT molecular complexity index is 289. The zero-order valence-electron chi connectivity index (χ0n) is 11.8. The third kappa shape index (κ3) is 6.28. The highest BCUT2D eigenvalue weighted by Crippen LogP contribution is 2.13. The molecule has 1 aliphatic heterocycles. The molecule has 0 radical (unpaired) electrons. The first kappa shape index (κ1) is 16.3. The average molecular weight is 289 g/mol. The lowest BCUT2D eigenvalue weighted by Crippen LogP contribution is -2.46. The number of rotatable bonds is 7. The molecule has 1 N–H and O–H groups in total. The molecule has 0 saturated carbocycles. The van der Waals surface area contributed by atoms with Crippen LogP contribution >= 0.6 is 11.6 Å². The van der Waals surface area contributed by atoms with E-state index >= 15 is 0 Å². The van der Waals surface area contributed by atoms with E-state index in [4.69, 9.17) is 11.6 Å². The van der Waals surface area contributed by atoms with Gasteiger partial charge >= 0.3 is 0 Å². The molecule has 19 heavy (non-hydrogen) atoms. The lowest BCUT2D eigenvalue weighted by atomic mass is 10.0. The van der Waals surface area contributed by atoms with Crippen LogP contribution in [0, 0.1) is 0 Å². The van der Waals surface area contributed by atoms with Crippen LogP contribution in [-0.4, -0.2) is 41.7 Å². The van der Waals surface area contributed by atoms with Gasteiger partial charge in [-0.3, -0.25) is 9.59 Å². The number of nitrogens with one attached hydrogen (secondary N) is 1. The summed E-state index contributed by atoms with van der Waals surface area (Å²) in [7, 11) is 0. The van der Waals surface area contributed by atoms with Gasteiger partial charge in [-0.25, -0.2) is 0 Å². The molecular weight excluding hydrogens is 264 g/mol. The van der Waals surface area contributed by atoms with Gasteiger partial charge in [0.05, 0.1) is 0 Å². The fraction of sp³-hybridized carbons (Fsp3) is 0.857. The van der Waals surface area contributed by atoms with Crippen molar-refractivity contribution in [3.8, 4) is 0 Å². The highest BCUT2D eigenvalue weighted by molar-refractivity contribution is 6.17. The molecule has 0 spiro atoms. The minimum atomic E-state index is 0.134. The molecule has 0 aromatic carbocycles. The number of alkyl halides is 1. The summed E-state index contributed by atoms with van der Waals surface area (Å²) < 4.78 is 0. The van der Waals surface area contributed by atoms with Crippen LogP contribution in [0.4, 0.5) is 0 Å². The Labute approximate surface area is 120 Å². The van der Waals surface area contributed by atoms with Gasteiger partial charge in [-0.15, -0.1) is 11.6 Å². The van der Waals surface area contributed by atoms with Gasteiger partial charge in [0.15, 0.2) is 0 Å². The van der Waals surface area contributed by atoms with Gasteiger partial charge in [-0.05, 0) is 32.1 Å². The highest BCUT2D eigenvalue weighted by atomic mass is 35.5. The largest absolute Gasteiger partial charge is 0.353 e. The number of unbranched alkanes of at least 4 members (excludes halogenated alkanes) is 1. The van der Waals surface area contributed by atoms with Crippen LogP contribution in [0.2, 0.25) is 0 Å². The number of hydrogen-bond donors (Lipinski definition) is 1. The summed E-state index contributed by atoms with van der Waals surface area (Å²) in [5, 5.41) is 3.04. The standard InChI is InChI=1S/C14H25ClN2O2/c1-2-5-13(18)16-12-7-10-17(11-8-12)14(19)6-3-4-9-15/h12H,2-11H2,1H3,(H,16,18). The van der Waals surface area contributed by atoms with E-state index in [0.717, 1.165) is 45.2 Å². The fourth-order valence-corrected chi connectivity index (χ4v) is 2.52. The minimum absolute atomic E-state index is 0.134. The first-order valence-corrected chi connectivity index (χ1v) is 7.84. The maximum atomic E-state index is 11.9. The highest BCUT2D eigenvalue weighted by Gasteiger charge is 2.23. The Hall–Kier alpha value is -0.770. The van der Waals surface area contributed by atoms with Crippen molar-refractivity contribution in [2.45, 2.75) is 57.9 Å². The maximum absolute atomic E-state index is 11.9. The van der Waals surface area contributed by atoms with Crippen molar-refractivity contribution in [3.05, 3.63) is 0 Å². The predicted molar refractivity (Wildman–Crippen MR) is 77.2 cm³/mol. The average Bonchev–Trinajstić information content (AvgIpc) is 2.40. The molecule has 4 nitrogen and oxygen atoms in total. The monoisotopic (exact) mass is 288 g/mol. The number of amides is 2.